The second kappa shape index (κ2) is 12.1. The molecule has 5 nitrogen and oxygen atoms in total. The van der Waals surface area contributed by atoms with Crippen molar-refractivity contribution in [1.82, 2.24) is 4.57 Å². The van der Waals surface area contributed by atoms with E-state index >= 15 is 0 Å². The Morgan fingerprint density at radius 2 is 1.22 bits per heavy atom. The van der Waals surface area contributed by atoms with E-state index in [1.54, 1.807) is 0 Å². The van der Waals surface area contributed by atoms with Crippen molar-refractivity contribution < 1.29 is 13.9 Å². The molecule has 10 aromatic rings. The third-order valence-electron chi connectivity index (χ3n) is 15.1. The van der Waals surface area contributed by atoms with Crippen molar-refractivity contribution in [2.24, 2.45) is 0 Å². The molecule has 0 atom stereocenters. The summed E-state index contributed by atoms with van der Waals surface area (Å²) >= 11 is 0. The zero-order chi connectivity index (χ0) is 44.1. The Hall–Kier alpha value is -7.18. The summed E-state index contributed by atoms with van der Waals surface area (Å²) in [6, 6.07) is 51.4. The maximum Gasteiger partial charge on any atom is 0.333 e. The number of hydrogen-bond acceptors (Lipinski definition) is 4. The van der Waals surface area contributed by atoms with Crippen LogP contribution >= 0.6 is 0 Å². The van der Waals surface area contributed by atoms with Crippen LogP contribution in [0.3, 0.4) is 0 Å². The zero-order valence-corrected chi connectivity index (χ0v) is 38.0. The van der Waals surface area contributed by atoms with Crippen LogP contribution in [-0.4, -0.2) is 11.4 Å². The second-order valence-corrected chi connectivity index (χ2v) is 21.3. The van der Waals surface area contributed by atoms with Gasteiger partial charge < -0.3 is 23.3 Å². The quantitative estimate of drug-likeness (QED) is 0.154. The van der Waals surface area contributed by atoms with Gasteiger partial charge in [-0.3, -0.25) is 0 Å². The Morgan fingerprint density at radius 3 is 2.00 bits per heavy atom. The summed E-state index contributed by atoms with van der Waals surface area (Å²) in [4.78, 5) is 2.58. The molecular formula is C59H47BN2O3. The number of ether oxygens (including phenoxy) is 2. The van der Waals surface area contributed by atoms with Crippen molar-refractivity contribution in [1.29, 1.82) is 0 Å². The summed E-state index contributed by atoms with van der Waals surface area (Å²) in [6.07, 6.45) is 0. The fourth-order valence-electron chi connectivity index (χ4n) is 11.8. The summed E-state index contributed by atoms with van der Waals surface area (Å²) in [6.45, 7) is 18.6. The predicted octanol–water partition coefficient (Wildman–Crippen LogP) is 14.7. The van der Waals surface area contributed by atoms with Crippen molar-refractivity contribution in [3.8, 4) is 50.9 Å². The number of nitrogens with zero attached hydrogens (tertiary/aromatic N) is 2. The van der Waals surface area contributed by atoms with Gasteiger partial charge in [0, 0.05) is 49.8 Å². The van der Waals surface area contributed by atoms with Crippen LogP contribution in [0.2, 0.25) is 0 Å². The van der Waals surface area contributed by atoms with Crippen molar-refractivity contribution in [3.05, 3.63) is 162 Å². The molecule has 0 fully saturated rings. The van der Waals surface area contributed by atoms with Gasteiger partial charge in [0.15, 0.2) is 28.6 Å². The van der Waals surface area contributed by atoms with Gasteiger partial charge in [-0.2, -0.15) is 0 Å². The molecule has 314 valence electrons. The Morgan fingerprint density at radius 1 is 0.523 bits per heavy atom. The Labute approximate surface area is 378 Å². The molecule has 1 aliphatic carbocycles. The molecule has 6 heteroatoms. The van der Waals surface area contributed by atoms with Crippen molar-refractivity contribution in [3.63, 3.8) is 0 Å². The van der Waals surface area contributed by atoms with E-state index in [1.165, 1.54) is 77.4 Å². The molecule has 5 heterocycles. The van der Waals surface area contributed by atoms with Crippen LogP contribution in [0, 0.1) is 0 Å². The lowest BCUT2D eigenvalue weighted by Crippen LogP contribution is -2.61. The van der Waals surface area contributed by atoms with Gasteiger partial charge in [-0.15, -0.1) is 0 Å². The molecular weight excluding hydrogens is 795 g/mol. The fraction of sp³-hybridized carbons (Fsp3) is 0.186. The van der Waals surface area contributed by atoms with Gasteiger partial charge in [-0.25, -0.2) is 0 Å². The first-order valence-electron chi connectivity index (χ1n) is 23.0. The lowest BCUT2D eigenvalue weighted by atomic mass is 9.43. The monoisotopic (exact) mass is 842 g/mol. The summed E-state index contributed by atoms with van der Waals surface area (Å²) in [5.41, 5.74) is 19.9. The van der Waals surface area contributed by atoms with Crippen LogP contribution in [0.4, 0.5) is 11.4 Å². The molecule has 4 aliphatic rings. The third-order valence-corrected chi connectivity index (χ3v) is 15.1. The SMILES string of the molecule is CC(C)(C)c1ccc2c(c1)c1cc(C(C)(C)C)cc3c1n2-c1c2c(cc4c1-c1ccccc1C4(C)C)-c1cc4c(cc1N(c1cccc5c1oc1ccccc15)B23)Oc1ccccc1O4. The molecule has 0 spiro atoms. The number of para-hydroxylation sites is 4. The van der Waals surface area contributed by atoms with Crippen LogP contribution in [0.25, 0.3) is 71.7 Å². The zero-order valence-electron chi connectivity index (χ0n) is 38.0. The van der Waals surface area contributed by atoms with Gasteiger partial charge in [-0.1, -0.05) is 134 Å². The molecule has 0 saturated carbocycles. The van der Waals surface area contributed by atoms with Gasteiger partial charge in [0.05, 0.1) is 22.4 Å². The highest BCUT2D eigenvalue weighted by Gasteiger charge is 2.50. The minimum Gasteiger partial charge on any atom is -0.454 e. The minimum absolute atomic E-state index is 0.0272. The molecule has 14 rings (SSSR count). The normalized spacial score (nSPS) is 15.1. The fourth-order valence-corrected chi connectivity index (χ4v) is 11.8. The minimum atomic E-state index is -0.255. The number of benzene rings is 8. The molecule has 0 amide bonds. The van der Waals surface area contributed by atoms with E-state index in [2.05, 4.69) is 180 Å². The van der Waals surface area contributed by atoms with Crippen LogP contribution in [0.5, 0.6) is 23.0 Å². The van der Waals surface area contributed by atoms with Crippen LogP contribution < -0.4 is 25.2 Å². The predicted molar refractivity (Wildman–Crippen MR) is 269 cm³/mol. The van der Waals surface area contributed by atoms with Gasteiger partial charge in [-0.05, 0) is 110 Å². The largest absolute Gasteiger partial charge is 0.454 e. The van der Waals surface area contributed by atoms with Crippen molar-refractivity contribution in [2.75, 3.05) is 4.81 Å². The molecule has 65 heavy (non-hydrogen) atoms. The second-order valence-electron chi connectivity index (χ2n) is 21.3. The lowest BCUT2D eigenvalue weighted by molar-refractivity contribution is 0.360. The standard InChI is InChI=1S/C59H47BN2O3/c1-57(2,3)32-24-25-44-37(26-32)40-27-33(58(4,5)6)28-43-54(40)61(44)55-52-36-17-9-11-19-41(36)59(7,8)42(52)29-39-38-30-50-51(64-49-23-14-13-22-48(49)63-50)31-46(38)62(60(43)53(39)55)45-20-15-18-35-34-16-10-12-21-47(34)65-56(35)45/h9-31H,1-8H3. The molecule has 0 saturated heterocycles. The highest BCUT2D eigenvalue weighted by atomic mass is 16.6. The van der Waals surface area contributed by atoms with Crippen LogP contribution in [0.15, 0.2) is 144 Å². The van der Waals surface area contributed by atoms with Gasteiger partial charge in [0.2, 0.25) is 0 Å². The maximum absolute atomic E-state index is 7.00. The van der Waals surface area contributed by atoms with Gasteiger partial charge in [0.25, 0.3) is 0 Å². The summed E-state index contributed by atoms with van der Waals surface area (Å²) in [7, 11) is 0. The molecule has 0 radical (unpaired) electrons. The molecule has 3 aliphatic heterocycles. The number of rotatable bonds is 1. The van der Waals surface area contributed by atoms with Crippen molar-refractivity contribution >= 4 is 72.9 Å². The number of aromatic nitrogens is 1. The van der Waals surface area contributed by atoms with E-state index in [-0.39, 0.29) is 23.1 Å². The highest BCUT2D eigenvalue weighted by Crippen LogP contribution is 2.58. The van der Waals surface area contributed by atoms with E-state index in [4.69, 9.17) is 13.9 Å². The van der Waals surface area contributed by atoms with Gasteiger partial charge in [0.1, 0.15) is 5.58 Å². The van der Waals surface area contributed by atoms with E-state index in [0.717, 1.165) is 38.9 Å². The maximum atomic E-state index is 7.00. The highest BCUT2D eigenvalue weighted by molar-refractivity contribution is 6.94. The van der Waals surface area contributed by atoms with Crippen LogP contribution in [0.1, 0.15) is 77.6 Å². The van der Waals surface area contributed by atoms with Crippen molar-refractivity contribution in [2.45, 2.75) is 71.6 Å². The molecule has 8 aromatic carbocycles. The Balaban J connectivity index is 1.20. The van der Waals surface area contributed by atoms with Crippen LogP contribution in [-0.2, 0) is 16.2 Å². The Bertz CT molecular complexity index is 3800. The molecule has 0 bridgehead atoms. The number of fused-ring (bicyclic) bond motifs is 16. The molecule has 2 aromatic heterocycles. The first-order valence-corrected chi connectivity index (χ1v) is 23.0. The van der Waals surface area contributed by atoms with E-state index < -0.39 is 0 Å². The number of hydrogen-bond donors (Lipinski definition) is 0. The Kier molecular flexibility index (Phi) is 6.95. The number of anilines is 2. The third kappa shape index (κ3) is 4.79. The smallest absolute Gasteiger partial charge is 0.333 e. The molecule has 0 unspecified atom stereocenters. The average Bonchev–Trinajstić information content (AvgIpc) is 3.91. The molecule has 0 N–H and O–H groups in total. The van der Waals surface area contributed by atoms with Gasteiger partial charge >= 0.3 is 6.85 Å². The first kappa shape index (κ1) is 37.2. The van der Waals surface area contributed by atoms with E-state index in [9.17, 15) is 0 Å². The van der Waals surface area contributed by atoms with E-state index in [0.29, 0.717) is 23.0 Å². The summed E-state index contributed by atoms with van der Waals surface area (Å²) in [5.74, 6) is 2.81. The average molecular weight is 843 g/mol. The number of furan rings is 1. The topological polar surface area (TPSA) is 39.8 Å². The summed E-state index contributed by atoms with van der Waals surface area (Å²) in [5, 5.41) is 4.77. The summed E-state index contributed by atoms with van der Waals surface area (Å²) < 4.78 is 23.2. The lowest BCUT2D eigenvalue weighted by Gasteiger charge is -2.43. The first-order chi connectivity index (χ1) is 31.3. The van der Waals surface area contributed by atoms with E-state index in [1.807, 2.05) is 24.3 Å².